The smallest absolute Gasteiger partial charge is 0.0586 e. The van der Waals surface area contributed by atoms with Gasteiger partial charge in [0, 0.05) is 5.75 Å². The molecule has 0 spiro atoms. The summed E-state index contributed by atoms with van der Waals surface area (Å²) >= 11 is 2.01. The Bertz CT molecular complexity index is 77.4. The Balaban J connectivity index is 2.97. The lowest BCUT2D eigenvalue weighted by Gasteiger charge is -2.06. The number of rotatable bonds is 7. The van der Waals surface area contributed by atoms with E-state index in [-0.39, 0.29) is 0 Å². The summed E-state index contributed by atoms with van der Waals surface area (Å²) in [6.07, 6.45) is 0. The van der Waals surface area contributed by atoms with Gasteiger partial charge in [0.25, 0.3) is 0 Å². The molecule has 1 unspecified atom stereocenters. The quantitative estimate of drug-likeness (QED) is 0.359. The van der Waals surface area contributed by atoms with Crippen LogP contribution in [0.5, 0.6) is 0 Å². The summed E-state index contributed by atoms with van der Waals surface area (Å²) in [5.74, 6) is 2.42. The molecule has 0 aromatic carbocycles. The Kier molecular flexibility index (Phi) is 11.4. The third-order valence-electron chi connectivity index (χ3n) is 0.770. The molecular weight excluding hydrogens is 232 g/mol. The molecule has 0 aromatic heterocycles. The second-order valence-electron chi connectivity index (χ2n) is 1.66. The van der Waals surface area contributed by atoms with Crippen LogP contribution in [0.4, 0.5) is 0 Å². The fourth-order valence-electron chi connectivity index (χ4n) is 0.402. The van der Waals surface area contributed by atoms with Gasteiger partial charge in [0.15, 0.2) is 0 Å². The van der Waals surface area contributed by atoms with Crippen LogP contribution >= 0.6 is 53.0 Å². The van der Waals surface area contributed by atoms with E-state index in [4.69, 9.17) is 0 Å². The lowest BCUT2D eigenvalue weighted by atomic mass is 10.9. The average Bonchev–Trinajstić information content (AvgIpc) is 1.99. The molecule has 0 rings (SSSR count). The predicted molar refractivity (Wildman–Crippen MR) is 68.5 cm³/mol. The summed E-state index contributed by atoms with van der Waals surface area (Å²) in [4.78, 5) is 0. The summed E-state index contributed by atoms with van der Waals surface area (Å²) in [6.45, 7) is 6.66. The van der Waals surface area contributed by atoms with Crippen molar-refractivity contribution in [3.05, 3.63) is 0 Å². The fraction of sp³-hybridized carbons (Fsp3) is 1.00. The highest BCUT2D eigenvalue weighted by Crippen LogP contribution is 2.46. The molecule has 0 radical (unpaired) electrons. The van der Waals surface area contributed by atoms with E-state index in [0.29, 0.717) is 0 Å². The maximum absolute atomic E-state index is 2.27. The SMILES string of the molecule is CCSSSSC(C)SCC. The standard InChI is InChI=1S/C6H14S5/c1-4-7-6(3)9-11-10-8-5-2/h6H,4-5H2,1-3H3. The van der Waals surface area contributed by atoms with E-state index in [9.17, 15) is 0 Å². The van der Waals surface area contributed by atoms with Crippen molar-refractivity contribution in [1.82, 2.24) is 0 Å². The highest BCUT2D eigenvalue weighted by Gasteiger charge is 2.01. The molecule has 0 bridgehead atoms. The molecule has 0 N–H and O–H groups in total. The molecule has 0 nitrogen and oxygen atoms in total. The van der Waals surface area contributed by atoms with Crippen molar-refractivity contribution in [2.45, 2.75) is 25.4 Å². The molecule has 0 amide bonds. The molecule has 0 fully saturated rings. The molecule has 11 heavy (non-hydrogen) atoms. The molecule has 0 saturated heterocycles. The first-order valence-electron chi connectivity index (χ1n) is 3.54. The molecule has 0 saturated carbocycles. The summed E-state index contributed by atoms with van der Waals surface area (Å²) in [5.41, 5.74) is 0. The molecule has 0 aliphatic heterocycles. The molecule has 0 aliphatic rings. The van der Waals surface area contributed by atoms with Crippen molar-refractivity contribution in [2.75, 3.05) is 11.5 Å². The zero-order valence-electron chi connectivity index (χ0n) is 7.03. The first-order valence-corrected chi connectivity index (χ1v) is 9.64. The molecule has 5 heteroatoms. The second-order valence-corrected chi connectivity index (χ2v) is 10.1. The van der Waals surface area contributed by atoms with Crippen LogP contribution in [0.25, 0.3) is 0 Å². The highest BCUT2D eigenvalue weighted by molar-refractivity contribution is 9.26. The van der Waals surface area contributed by atoms with Crippen LogP contribution in [0.15, 0.2) is 0 Å². The van der Waals surface area contributed by atoms with Crippen LogP contribution in [0, 0.1) is 0 Å². The zero-order chi connectivity index (χ0) is 8.53. The summed E-state index contributed by atoms with van der Waals surface area (Å²) in [5, 5.41) is 0. The maximum atomic E-state index is 2.27. The van der Waals surface area contributed by atoms with Crippen LogP contribution in [0.1, 0.15) is 20.8 Å². The first-order chi connectivity index (χ1) is 5.31. The Morgan fingerprint density at radius 3 is 2.36 bits per heavy atom. The van der Waals surface area contributed by atoms with Gasteiger partial charge in [-0.2, -0.15) is 0 Å². The zero-order valence-corrected chi connectivity index (χ0v) is 11.1. The minimum Gasteiger partial charge on any atom is -0.147 e. The monoisotopic (exact) mass is 246 g/mol. The summed E-state index contributed by atoms with van der Waals surface area (Å²) < 4.78 is 0.731. The van der Waals surface area contributed by atoms with Gasteiger partial charge in [-0.3, -0.25) is 0 Å². The maximum Gasteiger partial charge on any atom is 0.0586 e. The topological polar surface area (TPSA) is 0 Å². The van der Waals surface area contributed by atoms with Crippen molar-refractivity contribution in [1.29, 1.82) is 0 Å². The molecular formula is C6H14S5. The van der Waals surface area contributed by atoms with Crippen molar-refractivity contribution >= 4 is 53.0 Å². The first kappa shape index (κ1) is 12.8. The number of hydrogen-bond acceptors (Lipinski definition) is 5. The lowest BCUT2D eigenvalue weighted by Crippen LogP contribution is -1.84. The van der Waals surface area contributed by atoms with Gasteiger partial charge < -0.3 is 0 Å². The minimum absolute atomic E-state index is 0.731. The Morgan fingerprint density at radius 1 is 1.09 bits per heavy atom. The summed E-state index contributed by atoms with van der Waals surface area (Å²) in [7, 11) is 7.67. The van der Waals surface area contributed by atoms with E-state index in [1.807, 2.05) is 53.0 Å². The van der Waals surface area contributed by atoms with Crippen molar-refractivity contribution < 1.29 is 0 Å². The third kappa shape index (κ3) is 9.67. The number of hydrogen-bond donors (Lipinski definition) is 0. The Labute approximate surface area is 89.4 Å². The van der Waals surface area contributed by atoms with Crippen LogP contribution in [-0.4, -0.2) is 16.1 Å². The predicted octanol–water partition coefficient (Wildman–Crippen LogP) is 4.78. The Hall–Kier alpha value is 1.75. The average molecular weight is 247 g/mol. The van der Waals surface area contributed by atoms with Crippen LogP contribution < -0.4 is 0 Å². The minimum atomic E-state index is 0.731. The molecule has 0 heterocycles. The van der Waals surface area contributed by atoms with E-state index in [1.54, 1.807) is 0 Å². The highest BCUT2D eigenvalue weighted by atomic mass is 33.7. The summed E-state index contributed by atoms with van der Waals surface area (Å²) in [6, 6.07) is 0. The van der Waals surface area contributed by atoms with Gasteiger partial charge in [-0.05, 0) is 32.3 Å². The normalized spacial score (nSPS) is 13.4. The van der Waals surface area contributed by atoms with Crippen molar-refractivity contribution in [2.24, 2.45) is 0 Å². The lowest BCUT2D eigenvalue weighted by molar-refractivity contribution is 1.40. The van der Waals surface area contributed by atoms with Gasteiger partial charge in [-0.25, -0.2) is 0 Å². The van der Waals surface area contributed by atoms with Crippen molar-refractivity contribution in [3.63, 3.8) is 0 Å². The van der Waals surface area contributed by atoms with Crippen LogP contribution in [0.3, 0.4) is 0 Å². The molecule has 1 atom stereocenters. The van der Waals surface area contributed by atoms with Crippen LogP contribution in [-0.2, 0) is 0 Å². The van der Waals surface area contributed by atoms with E-state index in [2.05, 4.69) is 20.8 Å². The van der Waals surface area contributed by atoms with E-state index in [0.717, 1.165) is 4.58 Å². The van der Waals surface area contributed by atoms with Gasteiger partial charge in [-0.15, -0.1) is 11.8 Å². The van der Waals surface area contributed by atoms with Gasteiger partial charge in [0.05, 0.1) is 4.58 Å². The number of thioether (sulfide) groups is 1. The van der Waals surface area contributed by atoms with Gasteiger partial charge in [0.2, 0.25) is 0 Å². The van der Waals surface area contributed by atoms with E-state index < -0.39 is 0 Å². The van der Waals surface area contributed by atoms with Crippen LogP contribution in [0.2, 0.25) is 0 Å². The molecule has 68 valence electrons. The van der Waals surface area contributed by atoms with Crippen molar-refractivity contribution in [3.8, 4) is 0 Å². The largest absolute Gasteiger partial charge is 0.147 e. The van der Waals surface area contributed by atoms with Gasteiger partial charge in [0.1, 0.15) is 0 Å². The fourth-order valence-corrected chi connectivity index (χ4v) is 8.41. The van der Waals surface area contributed by atoms with E-state index >= 15 is 0 Å². The molecule has 0 aliphatic carbocycles. The van der Waals surface area contributed by atoms with Gasteiger partial charge in [-0.1, -0.05) is 35.4 Å². The Morgan fingerprint density at radius 2 is 1.82 bits per heavy atom. The molecule has 0 aromatic rings. The van der Waals surface area contributed by atoms with E-state index in [1.165, 1.54) is 11.5 Å². The second kappa shape index (κ2) is 9.84. The van der Waals surface area contributed by atoms with Gasteiger partial charge >= 0.3 is 0 Å². The third-order valence-corrected chi connectivity index (χ3v) is 9.21.